The molecule has 0 fully saturated rings. The van der Waals surface area contributed by atoms with Crippen molar-refractivity contribution in [2.45, 2.75) is 6.92 Å². The number of hydrogen-bond donors (Lipinski definition) is 2. The van der Waals surface area contributed by atoms with E-state index in [0.717, 1.165) is 34.0 Å². The molecule has 0 bridgehead atoms. The summed E-state index contributed by atoms with van der Waals surface area (Å²) in [4.78, 5) is 4.73. The van der Waals surface area contributed by atoms with Crippen LogP contribution in [0.1, 0.15) is 5.56 Å². The second-order valence-corrected chi connectivity index (χ2v) is 6.23. The molecule has 0 saturated carbocycles. The van der Waals surface area contributed by atoms with Gasteiger partial charge in [-0.1, -0.05) is 35.9 Å². The summed E-state index contributed by atoms with van der Waals surface area (Å²) in [6.07, 6.45) is 1.96. The van der Waals surface area contributed by atoms with E-state index in [9.17, 15) is 5.11 Å². The van der Waals surface area contributed by atoms with Gasteiger partial charge in [0.05, 0.1) is 0 Å². The fourth-order valence-electron chi connectivity index (χ4n) is 2.84. The summed E-state index contributed by atoms with van der Waals surface area (Å²) < 4.78 is 1.99. The van der Waals surface area contributed by atoms with Crippen LogP contribution in [0.5, 0.6) is 5.75 Å². The number of nitrogens with one attached hydrogen (secondary N) is 1. The monoisotopic (exact) mass is 349 g/mol. The van der Waals surface area contributed by atoms with Gasteiger partial charge >= 0.3 is 0 Å². The number of hydrogen-bond acceptors (Lipinski definition) is 3. The summed E-state index contributed by atoms with van der Waals surface area (Å²) in [5.74, 6) is 1.03. The molecular formula is C20H16ClN3O. The van der Waals surface area contributed by atoms with Gasteiger partial charge in [0.2, 0.25) is 0 Å². The number of nitrogens with zero attached hydrogens (tertiary/aromatic N) is 2. The number of fused-ring (bicyclic) bond motifs is 1. The fourth-order valence-corrected chi connectivity index (χ4v) is 3.01. The number of aromatic nitrogens is 2. The summed E-state index contributed by atoms with van der Waals surface area (Å²) in [5, 5.41) is 14.0. The molecule has 0 saturated heterocycles. The quantitative estimate of drug-likeness (QED) is 0.519. The van der Waals surface area contributed by atoms with Crippen molar-refractivity contribution in [3.8, 4) is 17.0 Å². The first-order valence-corrected chi connectivity index (χ1v) is 8.30. The molecule has 0 aliphatic heterocycles. The third-order valence-corrected chi connectivity index (χ3v) is 4.58. The van der Waals surface area contributed by atoms with Gasteiger partial charge < -0.3 is 10.4 Å². The van der Waals surface area contributed by atoms with Crippen LogP contribution in [-0.4, -0.2) is 14.5 Å². The van der Waals surface area contributed by atoms with Crippen LogP contribution in [0.3, 0.4) is 0 Å². The highest BCUT2D eigenvalue weighted by molar-refractivity contribution is 6.31. The molecule has 0 aliphatic rings. The summed E-state index contributed by atoms with van der Waals surface area (Å²) in [6, 6.07) is 18.7. The molecule has 0 amide bonds. The number of imidazole rings is 1. The van der Waals surface area contributed by atoms with E-state index < -0.39 is 0 Å². The molecule has 4 nitrogen and oxygen atoms in total. The zero-order valence-electron chi connectivity index (χ0n) is 13.6. The molecule has 0 spiro atoms. The van der Waals surface area contributed by atoms with Crippen molar-refractivity contribution in [3.63, 3.8) is 0 Å². The van der Waals surface area contributed by atoms with Crippen LogP contribution < -0.4 is 5.32 Å². The molecule has 2 aromatic heterocycles. The highest BCUT2D eigenvalue weighted by Gasteiger charge is 2.15. The van der Waals surface area contributed by atoms with Crippen LogP contribution in [0.25, 0.3) is 16.9 Å². The molecule has 4 aromatic rings. The Morgan fingerprint density at radius 1 is 1.04 bits per heavy atom. The van der Waals surface area contributed by atoms with Crippen LogP contribution in [0, 0.1) is 6.92 Å². The summed E-state index contributed by atoms with van der Waals surface area (Å²) in [6.45, 7) is 1.97. The molecule has 2 aromatic carbocycles. The zero-order valence-corrected chi connectivity index (χ0v) is 14.3. The van der Waals surface area contributed by atoms with Gasteiger partial charge in [0.15, 0.2) is 0 Å². The Morgan fingerprint density at radius 3 is 2.72 bits per heavy atom. The van der Waals surface area contributed by atoms with Crippen molar-refractivity contribution in [3.05, 3.63) is 77.4 Å². The summed E-state index contributed by atoms with van der Waals surface area (Å²) >= 11 is 6.25. The van der Waals surface area contributed by atoms with Gasteiger partial charge in [-0.3, -0.25) is 4.40 Å². The summed E-state index contributed by atoms with van der Waals surface area (Å²) in [5.41, 5.74) is 4.31. The van der Waals surface area contributed by atoms with Gasteiger partial charge in [-0.15, -0.1) is 0 Å². The topological polar surface area (TPSA) is 49.6 Å². The molecule has 5 heteroatoms. The van der Waals surface area contributed by atoms with E-state index in [1.807, 2.05) is 66.1 Å². The maximum Gasteiger partial charge on any atom is 0.143 e. The van der Waals surface area contributed by atoms with Gasteiger partial charge in [0.1, 0.15) is 22.9 Å². The Morgan fingerprint density at radius 2 is 1.88 bits per heavy atom. The molecule has 0 atom stereocenters. The smallest absolute Gasteiger partial charge is 0.143 e. The standard InChI is InChI=1S/C20H16ClN3O/c1-13-16(21)8-5-9-17(13)22-20-19(14-6-4-7-15(25)12-14)23-18-10-2-3-11-24(18)20/h2-12,22,25H,1H3. The SMILES string of the molecule is Cc1c(Cl)cccc1Nc1c(-c2cccc(O)c2)nc2ccccn12. The first-order valence-electron chi connectivity index (χ1n) is 7.92. The van der Waals surface area contributed by atoms with Gasteiger partial charge in [-0.25, -0.2) is 4.98 Å². The van der Waals surface area contributed by atoms with Gasteiger partial charge in [0.25, 0.3) is 0 Å². The highest BCUT2D eigenvalue weighted by Crippen LogP contribution is 2.34. The molecule has 2 N–H and O–H groups in total. The van der Waals surface area contributed by atoms with E-state index >= 15 is 0 Å². The lowest BCUT2D eigenvalue weighted by Crippen LogP contribution is -1.98. The normalized spacial score (nSPS) is 11.0. The largest absolute Gasteiger partial charge is 0.508 e. The Bertz CT molecular complexity index is 1070. The molecular weight excluding hydrogens is 334 g/mol. The van der Waals surface area contributed by atoms with Crippen molar-refractivity contribution in [2.24, 2.45) is 0 Å². The minimum absolute atomic E-state index is 0.208. The Hall–Kier alpha value is -2.98. The molecule has 2 heterocycles. The molecule has 0 unspecified atom stereocenters. The molecule has 4 rings (SSSR count). The van der Waals surface area contributed by atoms with Crippen molar-refractivity contribution in [1.29, 1.82) is 0 Å². The van der Waals surface area contributed by atoms with E-state index in [1.54, 1.807) is 12.1 Å². The molecule has 0 aliphatic carbocycles. The van der Waals surface area contributed by atoms with Crippen LogP contribution in [0.4, 0.5) is 11.5 Å². The maximum absolute atomic E-state index is 9.84. The van der Waals surface area contributed by atoms with Crippen molar-refractivity contribution >= 4 is 28.8 Å². The Labute approximate surface area is 150 Å². The van der Waals surface area contributed by atoms with Crippen molar-refractivity contribution < 1.29 is 5.11 Å². The predicted molar refractivity (Wildman–Crippen MR) is 102 cm³/mol. The molecule has 124 valence electrons. The van der Waals surface area contributed by atoms with Crippen LogP contribution in [0.2, 0.25) is 5.02 Å². The fraction of sp³-hybridized carbons (Fsp3) is 0.0500. The number of phenolic OH excluding ortho intramolecular Hbond substituents is 1. The van der Waals surface area contributed by atoms with Gasteiger partial charge in [0, 0.05) is 22.5 Å². The lowest BCUT2D eigenvalue weighted by atomic mass is 10.1. The number of aromatic hydroxyl groups is 1. The minimum Gasteiger partial charge on any atom is -0.508 e. The molecule has 0 radical (unpaired) electrons. The Kier molecular flexibility index (Phi) is 3.82. The lowest BCUT2D eigenvalue weighted by Gasteiger charge is -2.12. The van der Waals surface area contributed by atoms with E-state index in [4.69, 9.17) is 16.6 Å². The summed E-state index contributed by atoms with van der Waals surface area (Å²) in [7, 11) is 0. The van der Waals surface area contributed by atoms with E-state index in [2.05, 4.69) is 5.32 Å². The second kappa shape index (κ2) is 6.15. The second-order valence-electron chi connectivity index (χ2n) is 5.83. The third-order valence-electron chi connectivity index (χ3n) is 4.17. The molecule has 25 heavy (non-hydrogen) atoms. The number of anilines is 2. The van der Waals surface area contributed by atoms with Crippen molar-refractivity contribution in [2.75, 3.05) is 5.32 Å². The average Bonchev–Trinajstić information content (AvgIpc) is 2.98. The van der Waals surface area contributed by atoms with E-state index in [0.29, 0.717) is 5.02 Å². The van der Waals surface area contributed by atoms with Crippen molar-refractivity contribution in [1.82, 2.24) is 9.38 Å². The predicted octanol–water partition coefficient (Wildman–Crippen LogP) is 5.41. The number of benzene rings is 2. The number of pyridine rings is 1. The number of halogens is 1. The van der Waals surface area contributed by atoms with Gasteiger partial charge in [-0.05, 0) is 48.9 Å². The minimum atomic E-state index is 0.208. The number of phenols is 1. The first kappa shape index (κ1) is 15.5. The Balaban J connectivity index is 1.92. The number of rotatable bonds is 3. The lowest BCUT2D eigenvalue weighted by molar-refractivity contribution is 0.475. The van der Waals surface area contributed by atoms with Crippen LogP contribution >= 0.6 is 11.6 Å². The first-order chi connectivity index (χ1) is 12.1. The third kappa shape index (κ3) is 2.81. The highest BCUT2D eigenvalue weighted by atomic mass is 35.5. The maximum atomic E-state index is 9.84. The van der Waals surface area contributed by atoms with Crippen LogP contribution in [0.15, 0.2) is 66.9 Å². The van der Waals surface area contributed by atoms with Crippen LogP contribution in [-0.2, 0) is 0 Å². The van der Waals surface area contributed by atoms with E-state index in [1.165, 1.54) is 0 Å². The average molecular weight is 350 g/mol. The van der Waals surface area contributed by atoms with Gasteiger partial charge in [-0.2, -0.15) is 0 Å². The zero-order chi connectivity index (χ0) is 17.4. The van der Waals surface area contributed by atoms with E-state index in [-0.39, 0.29) is 5.75 Å².